The number of ketones is 1. The lowest BCUT2D eigenvalue weighted by molar-refractivity contribution is -0.124. The number of hydrogen-bond donors (Lipinski definition) is 0. The number of hydrogen-bond acceptors (Lipinski definition) is 1. The molecule has 13 heavy (non-hydrogen) atoms. The third-order valence-corrected chi connectivity index (χ3v) is 2.37. The number of carbonyl (C=O) groups is 1. The van der Waals surface area contributed by atoms with E-state index in [1.165, 1.54) is 12.1 Å². The van der Waals surface area contributed by atoms with E-state index in [-0.39, 0.29) is 11.7 Å². The molecular weight excluding hydrogens is 174 g/mol. The van der Waals surface area contributed by atoms with Crippen molar-refractivity contribution in [3.63, 3.8) is 0 Å². The summed E-state index contributed by atoms with van der Waals surface area (Å²) in [6, 6.07) is 4.09. The Morgan fingerprint density at radius 1 is 1.23 bits per heavy atom. The molecule has 0 radical (unpaired) electrons. The molecule has 1 saturated carbocycles. The van der Waals surface area contributed by atoms with Gasteiger partial charge >= 0.3 is 0 Å². The van der Waals surface area contributed by atoms with Crippen LogP contribution in [0.1, 0.15) is 24.3 Å². The quantitative estimate of drug-likeness (QED) is 0.651. The monoisotopic (exact) mass is 182 g/mol. The van der Waals surface area contributed by atoms with E-state index < -0.39 is 11.6 Å². The highest BCUT2D eigenvalue weighted by molar-refractivity contribution is 5.86. The van der Waals surface area contributed by atoms with Gasteiger partial charge < -0.3 is 0 Å². The fourth-order valence-electron chi connectivity index (χ4n) is 1.55. The molecule has 1 aliphatic rings. The Morgan fingerprint density at radius 3 is 2.54 bits per heavy atom. The van der Waals surface area contributed by atoms with Crippen LogP contribution in [-0.2, 0) is 4.79 Å². The lowest BCUT2D eigenvalue weighted by Crippen LogP contribution is -2.22. The second kappa shape index (κ2) is 2.91. The van der Waals surface area contributed by atoms with Crippen LogP contribution in [0.15, 0.2) is 18.2 Å². The Labute approximate surface area is 74.4 Å². The maximum atomic E-state index is 13.1. The molecule has 0 spiro atoms. The van der Waals surface area contributed by atoms with Crippen LogP contribution in [0, 0.1) is 11.6 Å². The summed E-state index contributed by atoms with van der Waals surface area (Å²) in [6.07, 6.45) is 0.695. The third kappa shape index (κ3) is 1.34. The zero-order valence-electron chi connectivity index (χ0n) is 6.89. The van der Waals surface area contributed by atoms with Gasteiger partial charge in [-0.15, -0.1) is 0 Å². The average molecular weight is 182 g/mol. The Hall–Kier alpha value is -1.25. The number of halogens is 2. The highest BCUT2D eigenvalue weighted by Crippen LogP contribution is 2.35. The molecule has 0 saturated heterocycles. The van der Waals surface area contributed by atoms with Crippen molar-refractivity contribution < 1.29 is 13.6 Å². The first-order chi connectivity index (χ1) is 6.18. The maximum Gasteiger partial charge on any atom is 0.162 e. The van der Waals surface area contributed by atoms with Crippen molar-refractivity contribution in [1.29, 1.82) is 0 Å². The van der Waals surface area contributed by atoms with Crippen molar-refractivity contribution in [2.24, 2.45) is 0 Å². The third-order valence-electron chi connectivity index (χ3n) is 2.37. The topological polar surface area (TPSA) is 17.1 Å². The molecule has 0 atom stereocenters. The van der Waals surface area contributed by atoms with Crippen LogP contribution in [-0.4, -0.2) is 5.78 Å². The van der Waals surface area contributed by atoms with E-state index in [2.05, 4.69) is 0 Å². The zero-order chi connectivity index (χ0) is 9.42. The van der Waals surface area contributed by atoms with E-state index in [1.807, 2.05) is 0 Å². The van der Waals surface area contributed by atoms with Gasteiger partial charge in [-0.1, -0.05) is 12.1 Å². The van der Waals surface area contributed by atoms with Crippen LogP contribution in [0.3, 0.4) is 0 Å². The van der Waals surface area contributed by atoms with E-state index in [0.29, 0.717) is 18.4 Å². The van der Waals surface area contributed by atoms with Crippen molar-refractivity contribution in [3.8, 4) is 0 Å². The molecule has 68 valence electrons. The molecule has 0 N–H and O–H groups in total. The molecule has 1 aromatic rings. The molecule has 1 nitrogen and oxygen atoms in total. The average Bonchev–Trinajstić information content (AvgIpc) is 2.05. The summed E-state index contributed by atoms with van der Waals surface area (Å²) in [5, 5.41) is 0. The van der Waals surface area contributed by atoms with Crippen molar-refractivity contribution in [2.75, 3.05) is 0 Å². The van der Waals surface area contributed by atoms with Crippen molar-refractivity contribution in [2.45, 2.75) is 18.8 Å². The second-order valence-electron chi connectivity index (χ2n) is 3.29. The summed E-state index contributed by atoms with van der Waals surface area (Å²) in [4.78, 5) is 10.7. The van der Waals surface area contributed by atoms with Crippen LogP contribution in [0.2, 0.25) is 0 Å². The van der Waals surface area contributed by atoms with E-state index >= 15 is 0 Å². The lowest BCUT2D eigenvalue weighted by Gasteiger charge is -2.24. The van der Waals surface area contributed by atoms with Crippen molar-refractivity contribution >= 4 is 5.78 Å². The van der Waals surface area contributed by atoms with Crippen LogP contribution in [0.5, 0.6) is 0 Å². The summed E-state index contributed by atoms with van der Waals surface area (Å²) in [7, 11) is 0. The summed E-state index contributed by atoms with van der Waals surface area (Å²) in [5.41, 5.74) is 0.333. The SMILES string of the molecule is O=C1CC(c2cccc(F)c2F)C1. The Kier molecular flexibility index (Phi) is 1.87. The minimum Gasteiger partial charge on any atom is -0.300 e. The molecular formula is C10H8F2O. The van der Waals surface area contributed by atoms with Gasteiger partial charge in [-0.05, 0) is 11.6 Å². The highest BCUT2D eigenvalue weighted by Gasteiger charge is 2.30. The Balaban J connectivity index is 2.30. The fraction of sp³-hybridized carbons (Fsp3) is 0.300. The summed E-state index contributed by atoms with van der Waals surface area (Å²) >= 11 is 0. The number of carbonyl (C=O) groups excluding carboxylic acids is 1. The van der Waals surface area contributed by atoms with Crippen molar-refractivity contribution in [3.05, 3.63) is 35.4 Å². The Bertz CT molecular complexity index is 352. The number of Topliss-reactive ketones (excluding diaryl/α,β-unsaturated/α-hetero) is 1. The van der Waals surface area contributed by atoms with E-state index in [0.717, 1.165) is 6.07 Å². The normalized spacial score (nSPS) is 17.2. The largest absolute Gasteiger partial charge is 0.300 e. The molecule has 0 amide bonds. The van der Waals surface area contributed by atoms with Crippen molar-refractivity contribution in [1.82, 2.24) is 0 Å². The van der Waals surface area contributed by atoms with Gasteiger partial charge in [0.05, 0.1) is 0 Å². The molecule has 1 aromatic carbocycles. The highest BCUT2D eigenvalue weighted by atomic mass is 19.2. The van der Waals surface area contributed by atoms with Gasteiger partial charge in [0, 0.05) is 18.8 Å². The molecule has 2 rings (SSSR count). The first kappa shape index (κ1) is 8.35. The molecule has 0 unspecified atom stereocenters. The summed E-state index contributed by atoms with van der Waals surface area (Å²) in [5.74, 6) is -1.63. The van der Waals surface area contributed by atoms with E-state index in [9.17, 15) is 13.6 Å². The first-order valence-electron chi connectivity index (χ1n) is 4.14. The van der Waals surface area contributed by atoms with Gasteiger partial charge in [0.25, 0.3) is 0 Å². The van der Waals surface area contributed by atoms with Gasteiger partial charge in [0.1, 0.15) is 5.78 Å². The predicted octanol–water partition coefficient (Wildman–Crippen LogP) is 2.41. The van der Waals surface area contributed by atoms with Gasteiger partial charge in [-0.25, -0.2) is 8.78 Å². The van der Waals surface area contributed by atoms with Gasteiger partial charge in [0.2, 0.25) is 0 Å². The fourth-order valence-corrected chi connectivity index (χ4v) is 1.55. The number of benzene rings is 1. The summed E-state index contributed by atoms with van der Waals surface area (Å²) < 4.78 is 25.9. The Morgan fingerprint density at radius 2 is 1.92 bits per heavy atom. The minimum atomic E-state index is -0.836. The molecule has 0 aliphatic heterocycles. The van der Waals surface area contributed by atoms with Crippen LogP contribution >= 0.6 is 0 Å². The second-order valence-corrected chi connectivity index (χ2v) is 3.29. The smallest absolute Gasteiger partial charge is 0.162 e. The van der Waals surface area contributed by atoms with Gasteiger partial charge in [0.15, 0.2) is 11.6 Å². The van der Waals surface area contributed by atoms with E-state index in [4.69, 9.17) is 0 Å². The predicted molar refractivity (Wildman–Crippen MR) is 43.3 cm³/mol. The zero-order valence-corrected chi connectivity index (χ0v) is 6.89. The molecule has 0 heterocycles. The minimum absolute atomic E-state index is 0.108. The first-order valence-corrected chi connectivity index (χ1v) is 4.14. The van der Waals surface area contributed by atoms with Crippen LogP contribution in [0.4, 0.5) is 8.78 Å². The molecule has 1 aliphatic carbocycles. The summed E-state index contributed by atoms with van der Waals surface area (Å²) in [6.45, 7) is 0. The lowest BCUT2D eigenvalue weighted by atomic mass is 9.79. The molecule has 0 aromatic heterocycles. The molecule has 1 fully saturated rings. The van der Waals surface area contributed by atoms with Crippen LogP contribution in [0.25, 0.3) is 0 Å². The van der Waals surface area contributed by atoms with E-state index in [1.54, 1.807) is 0 Å². The molecule has 0 bridgehead atoms. The number of rotatable bonds is 1. The molecule has 3 heteroatoms. The standard InChI is InChI=1S/C10H8F2O/c11-9-3-1-2-8(10(9)12)6-4-7(13)5-6/h1-3,6H,4-5H2. The van der Waals surface area contributed by atoms with Gasteiger partial charge in [-0.3, -0.25) is 4.79 Å². The van der Waals surface area contributed by atoms with Gasteiger partial charge in [-0.2, -0.15) is 0 Å². The van der Waals surface area contributed by atoms with Crippen LogP contribution < -0.4 is 0 Å². The maximum absolute atomic E-state index is 13.1.